The van der Waals surface area contributed by atoms with Crippen LogP contribution in [0.25, 0.3) is 0 Å². The Hall–Kier alpha value is -0.930. The van der Waals surface area contributed by atoms with Gasteiger partial charge in [-0.25, -0.2) is 5.53 Å². The van der Waals surface area contributed by atoms with Gasteiger partial charge in [-0.3, -0.25) is 4.79 Å². The molecule has 5 unspecified atom stereocenters. The van der Waals surface area contributed by atoms with E-state index in [1.165, 1.54) is 32.1 Å². The van der Waals surface area contributed by atoms with Crippen LogP contribution in [-0.2, 0) is 4.79 Å². The van der Waals surface area contributed by atoms with Gasteiger partial charge in [0.1, 0.15) is 0 Å². The minimum Gasteiger partial charge on any atom is -0.356 e. The molecule has 4 nitrogen and oxygen atoms in total. The molecule has 1 amide bonds. The molecular formula is C20H37N3O. The quantitative estimate of drug-likeness (QED) is 0.656. The summed E-state index contributed by atoms with van der Waals surface area (Å²) >= 11 is 0. The van der Waals surface area contributed by atoms with Crippen molar-refractivity contribution in [2.24, 2.45) is 27.8 Å². The van der Waals surface area contributed by atoms with Gasteiger partial charge in [-0.1, -0.05) is 34.1 Å². The van der Waals surface area contributed by atoms with Crippen molar-refractivity contribution in [1.29, 1.82) is 5.53 Å². The van der Waals surface area contributed by atoms with Gasteiger partial charge in [0.2, 0.25) is 5.91 Å². The van der Waals surface area contributed by atoms with Crippen LogP contribution in [0, 0.1) is 28.2 Å². The fourth-order valence-electron chi connectivity index (χ4n) is 5.66. The van der Waals surface area contributed by atoms with E-state index in [9.17, 15) is 4.79 Å². The minimum atomic E-state index is 0.170. The highest BCUT2D eigenvalue weighted by molar-refractivity contribution is 5.75. The fourth-order valence-corrected chi connectivity index (χ4v) is 5.66. The molecule has 0 bridgehead atoms. The molecule has 0 aromatic rings. The van der Waals surface area contributed by atoms with E-state index < -0.39 is 0 Å². The van der Waals surface area contributed by atoms with E-state index in [2.05, 4.69) is 38.1 Å². The standard InChI is InChI=1S/C20H37N3O/c1-5-15-14-20(4,17(6-2)23-21)11-8-16(15)19(3)10-7-13-22-18(24)9-12-19/h15-17,21H,5-14H2,1-4H3,(H,22,24). The normalized spacial score (nSPS) is 39.4. The van der Waals surface area contributed by atoms with Gasteiger partial charge in [0.25, 0.3) is 0 Å². The average Bonchev–Trinajstić information content (AvgIpc) is 2.56. The van der Waals surface area contributed by atoms with E-state index >= 15 is 0 Å². The van der Waals surface area contributed by atoms with Gasteiger partial charge in [0, 0.05) is 13.0 Å². The number of rotatable bonds is 5. The third kappa shape index (κ3) is 4.00. The van der Waals surface area contributed by atoms with Crippen molar-refractivity contribution in [2.45, 2.75) is 91.5 Å². The second kappa shape index (κ2) is 7.97. The van der Waals surface area contributed by atoms with Crippen LogP contribution in [0.4, 0.5) is 0 Å². The topological polar surface area (TPSA) is 65.3 Å². The summed E-state index contributed by atoms with van der Waals surface area (Å²) < 4.78 is 0. The average molecular weight is 336 g/mol. The zero-order valence-electron chi connectivity index (χ0n) is 16.2. The summed E-state index contributed by atoms with van der Waals surface area (Å²) in [5.41, 5.74) is 8.06. The second-order valence-corrected chi connectivity index (χ2v) is 8.83. The maximum atomic E-state index is 11.9. The summed E-state index contributed by atoms with van der Waals surface area (Å²) in [7, 11) is 0. The first-order valence-corrected chi connectivity index (χ1v) is 10.0. The lowest BCUT2D eigenvalue weighted by Crippen LogP contribution is -2.45. The van der Waals surface area contributed by atoms with E-state index in [4.69, 9.17) is 5.53 Å². The Morgan fingerprint density at radius 1 is 1.29 bits per heavy atom. The van der Waals surface area contributed by atoms with Crippen molar-refractivity contribution in [3.63, 3.8) is 0 Å². The van der Waals surface area contributed by atoms with E-state index in [1.54, 1.807) is 0 Å². The zero-order chi connectivity index (χ0) is 17.8. The van der Waals surface area contributed by atoms with E-state index in [0.717, 1.165) is 25.8 Å². The molecule has 138 valence electrons. The Kier molecular flexibility index (Phi) is 6.44. The van der Waals surface area contributed by atoms with Gasteiger partial charge in [-0.05, 0) is 67.6 Å². The van der Waals surface area contributed by atoms with Crippen molar-refractivity contribution in [2.75, 3.05) is 6.54 Å². The number of hydrogen-bond donors (Lipinski definition) is 2. The predicted molar refractivity (Wildman–Crippen MR) is 98.0 cm³/mol. The number of carbonyl (C=O) groups is 1. The molecule has 0 aromatic heterocycles. The SMILES string of the molecule is CCC1CC(C)(C(CC)N=N)CCC1C1(C)CCCNC(=O)CC1. The third-order valence-corrected chi connectivity index (χ3v) is 7.26. The molecule has 24 heavy (non-hydrogen) atoms. The molecule has 2 rings (SSSR count). The van der Waals surface area contributed by atoms with Crippen LogP contribution in [0.3, 0.4) is 0 Å². The molecule has 5 atom stereocenters. The van der Waals surface area contributed by atoms with Crippen LogP contribution in [0.2, 0.25) is 0 Å². The number of hydrogen-bond acceptors (Lipinski definition) is 3. The number of amides is 1. The highest BCUT2D eigenvalue weighted by Gasteiger charge is 2.47. The molecule has 2 aliphatic rings. The molecule has 1 aliphatic heterocycles. The Balaban J connectivity index is 2.16. The molecule has 1 heterocycles. The maximum Gasteiger partial charge on any atom is 0.220 e. The predicted octanol–water partition coefficient (Wildman–Crippen LogP) is 5.33. The van der Waals surface area contributed by atoms with Crippen LogP contribution in [-0.4, -0.2) is 18.5 Å². The highest BCUT2D eigenvalue weighted by atomic mass is 16.1. The van der Waals surface area contributed by atoms with Crippen LogP contribution in [0.1, 0.15) is 85.5 Å². The van der Waals surface area contributed by atoms with Crippen molar-refractivity contribution < 1.29 is 4.79 Å². The van der Waals surface area contributed by atoms with Gasteiger partial charge in [0.15, 0.2) is 0 Å². The first-order valence-electron chi connectivity index (χ1n) is 10.0. The van der Waals surface area contributed by atoms with Crippen LogP contribution in [0.5, 0.6) is 0 Å². The smallest absolute Gasteiger partial charge is 0.220 e. The van der Waals surface area contributed by atoms with Crippen LogP contribution < -0.4 is 5.32 Å². The van der Waals surface area contributed by atoms with Crippen molar-refractivity contribution in [1.82, 2.24) is 5.32 Å². The van der Waals surface area contributed by atoms with Gasteiger partial charge in [-0.2, -0.15) is 5.11 Å². The summed E-state index contributed by atoms with van der Waals surface area (Å²) in [6.07, 6.45) is 9.82. The molecule has 1 saturated heterocycles. The highest BCUT2D eigenvalue weighted by Crippen LogP contribution is 2.54. The zero-order valence-corrected chi connectivity index (χ0v) is 16.2. The Morgan fingerprint density at radius 2 is 2.04 bits per heavy atom. The minimum absolute atomic E-state index is 0.170. The molecule has 2 fully saturated rings. The van der Waals surface area contributed by atoms with Gasteiger partial charge in [0.05, 0.1) is 6.04 Å². The summed E-state index contributed by atoms with van der Waals surface area (Å²) in [5.74, 6) is 1.64. The number of nitrogens with one attached hydrogen (secondary N) is 2. The van der Waals surface area contributed by atoms with E-state index in [0.29, 0.717) is 23.7 Å². The van der Waals surface area contributed by atoms with Crippen molar-refractivity contribution in [3.05, 3.63) is 0 Å². The third-order valence-electron chi connectivity index (χ3n) is 7.26. The molecule has 0 radical (unpaired) electrons. The fraction of sp³-hybridized carbons (Fsp3) is 0.950. The van der Waals surface area contributed by atoms with Crippen LogP contribution in [0.15, 0.2) is 5.11 Å². The molecule has 2 N–H and O–H groups in total. The van der Waals surface area contributed by atoms with Gasteiger partial charge in [-0.15, -0.1) is 0 Å². The lowest BCUT2D eigenvalue weighted by Gasteiger charge is -2.51. The molecule has 0 aromatic carbocycles. The van der Waals surface area contributed by atoms with E-state index in [1.807, 2.05) is 0 Å². The Morgan fingerprint density at radius 3 is 2.67 bits per heavy atom. The molecule has 1 aliphatic carbocycles. The lowest BCUT2D eigenvalue weighted by molar-refractivity contribution is -0.123. The molecule has 4 heteroatoms. The van der Waals surface area contributed by atoms with Gasteiger partial charge < -0.3 is 5.32 Å². The molecular weight excluding hydrogens is 298 g/mol. The largest absolute Gasteiger partial charge is 0.356 e. The summed E-state index contributed by atoms with van der Waals surface area (Å²) in [6, 6.07) is 0.170. The summed E-state index contributed by atoms with van der Waals surface area (Å²) in [6.45, 7) is 10.1. The molecule has 1 saturated carbocycles. The molecule has 0 spiro atoms. The Bertz CT molecular complexity index is 452. The Labute approximate surface area is 148 Å². The monoisotopic (exact) mass is 335 g/mol. The number of carbonyl (C=O) groups excluding carboxylic acids is 1. The first-order chi connectivity index (χ1) is 11.4. The maximum absolute atomic E-state index is 11.9. The van der Waals surface area contributed by atoms with Crippen LogP contribution >= 0.6 is 0 Å². The van der Waals surface area contributed by atoms with Crippen molar-refractivity contribution in [3.8, 4) is 0 Å². The second-order valence-electron chi connectivity index (χ2n) is 8.83. The first kappa shape index (κ1) is 19.4. The summed E-state index contributed by atoms with van der Waals surface area (Å²) in [4.78, 5) is 11.9. The van der Waals surface area contributed by atoms with E-state index in [-0.39, 0.29) is 17.4 Å². The summed E-state index contributed by atoms with van der Waals surface area (Å²) in [5, 5.41) is 6.98. The lowest BCUT2D eigenvalue weighted by atomic mass is 9.54. The van der Waals surface area contributed by atoms with Crippen molar-refractivity contribution >= 4 is 5.91 Å². The number of nitrogens with zero attached hydrogens (tertiary/aromatic N) is 1. The van der Waals surface area contributed by atoms with Gasteiger partial charge >= 0.3 is 0 Å².